The van der Waals surface area contributed by atoms with Crippen LogP contribution in [-0.4, -0.2) is 9.97 Å². The van der Waals surface area contributed by atoms with Crippen LogP contribution in [0.1, 0.15) is 44.5 Å². The van der Waals surface area contributed by atoms with Gasteiger partial charge in [-0.1, -0.05) is 18.2 Å². The van der Waals surface area contributed by atoms with Crippen LogP contribution in [0, 0.1) is 114 Å². The maximum absolute atomic E-state index is 15.1. The van der Waals surface area contributed by atoms with Gasteiger partial charge in [0.25, 0.3) is 0 Å². The summed E-state index contributed by atoms with van der Waals surface area (Å²) in [6.07, 6.45) is 0. The molecule has 5 aromatic carbocycles. The molecule has 0 fully saturated rings. The van der Waals surface area contributed by atoms with Crippen LogP contribution in [0.25, 0.3) is 55.8 Å². The number of para-hydroxylation sites is 1. The highest BCUT2D eigenvalue weighted by Crippen LogP contribution is 2.45. The Labute approximate surface area is 291 Å². The molecule has 0 N–H and O–H groups in total. The lowest BCUT2D eigenvalue weighted by atomic mass is 9.83. The minimum atomic E-state index is -2.27. The quantitative estimate of drug-likeness (QED) is 0.103. The van der Waals surface area contributed by atoms with Crippen LogP contribution in [-0.2, 0) is 0 Å². The first-order chi connectivity index (χ1) is 24.3. The van der Waals surface area contributed by atoms with E-state index < -0.39 is 69.3 Å². The van der Waals surface area contributed by atoms with E-state index in [-0.39, 0.29) is 39.2 Å². The monoisotopic (exact) mass is 726 g/mol. The summed E-state index contributed by atoms with van der Waals surface area (Å²) in [4.78, 5) is 9.74. The Morgan fingerprint density at radius 1 is 0.327 bits per heavy atom. The summed E-state index contributed by atoms with van der Waals surface area (Å²) in [5.41, 5.74) is 1.85. The molecule has 0 atom stereocenters. The van der Waals surface area contributed by atoms with Crippen LogP contribution >= 0.6 is 0 Å². The number of fused-ring (bicyclic) bond motifs is 1. The molecule has 6 rings (SSSR count). The predicted octanol–water partition coefficient (Wildman–Crippen LogP) is 12.2. The van der Waals surface area contributed by atoms with Gasteiger partial charge in [-0.25, -0.2) is 53.9 Å². The molecule has 1 heterocycles. The van der Waals surface area contributed by atoms with E-state index in [1.54, 1.807) is 52.0 Å². The molecule has 0 bridgehead atoms. The van der Waals surface area contributed by atoms with Gasteiger partial charge in [0.05, 0.1) is 22.3 Å². The van der Waals surface area contributed by atoms with E-state index in [0.717, 1.165) is 0 Å². The molecule has 1 aromatic heterocycles. The van der Waals surface area contributed by atoms with E-state index >= 15 is 17.6 Å². The highest BCUT2D eigenvalue weighted by Gasteiger charge is 2.32. The molecule has 0 aliphatic rings. The third-order valence-corrected chi connectivity index (χ3v) is 10.2. The number of benzene rings is 5. The maximum atomic E-state index is 15.1. The third kappa shape index (κ3) is 5.09. The molecule has 0 spiro atoms. The van der Waals surface area contributed by atoms with E-state index in [2.05, 4.69) is 0 Å². The zero-order valence-electron chi connectivity index (χ0n) is 29.0. The molecule has 52 heavy (non-hydrogen) atoms. The van der Waals surface area contributed by atoms with Gasteiger partial charge in [-0.15, -0.1) is 0 Å². The first-order valence-electron chi connectivity index (χ1n) is 15.9. The molecule has 0 saturated heterocycles. The number of hydrogen-bond donors (Lipinski definition) is 0. The largest absolute Gasteiger partial charge is 0.228 e. The highest BCUT2D eigenvalue weighted by molar-refractivity contribution is 5.97. The smallest absolute Gasteiger partial charge is 0.200 e. The van der Waals surface area contributed by atoms with Crippen LogP contribution in [0.15, 0.2) is 24.3 Å². The number of halogens is 10. The average Bonchev–Trinajstić information content (AvgIpc) is 3.12. The summed E-state index contributed by atoms with van der Waals surface area (Å²) >= 11 is 0. The van der Waals surface area contributed by atoms with Crippen molar-refractivity contribution in [1.82, 2.24) is 9.97 Å². The van der Waals surface area contributed by atoms with Crippen LogP contribution in [0.5, 0.6) is 0 Å². The molecule has 0 aliphatic carbocycles. The van der Waals surface area contributed by atoms with Crippen LogP contribution in [0.2, 0.25) is 0 Å². The lowest BCUT2D eigenvalue weighted by Crippen LogP contribution is -2.09. The summed E-state index contributed by atoms with van der Waals surface area (Å²) in [6, 6.07) is 6.93. The number of nitrogens with zero attached hydrogens (tertiary/aromatic N) is 2. The van der Waals surface area contributed by atoms with E-state index in [9.17, 15) is 26.3 Å². The second kappa shape index (κ2) is 12.8. The SMILES string of the molecule is Cc1c(C)c(-c2c(F)c(F)c(F)c(F)c2F)c(C)c(C)c1-c1nc(-c2c(C)c(C)c(-c3c(F)c(F)c(F)c(F)c3F)c(C)c2C)c2ccccc2n1. The standard InChI is InChI=1S/C40H28F10N2/c1-13-17(5)25(18(6)14(2)23(13)27-29(41)33(45)37(49)34(46)30(27)42)39-21-11-9-10-12-22(21)51-40(52-39)26-19(7)15(3)24(16(4)20(26)8)28-31(43)35(47)38(50)36(48)32(28)44/h9-12H,1-8H3. The van der Waals surface area contributed by atoms with Gasteiger partial charge >= 0.3 is 0 Å². The second-order valence-corrected chi connectivity index (χ2v) is 12.8. The van der Waals surface area contributed by atoms with Crippen molar-refractivity contribution in [3.8, 4) is 44.9 Å². The lowest BCUT2D eigenvalue weighted by Gasteiger charge is -2.24. The van der Waals surface area contributed by atoms with Gasteiger partial charge in [-0.05, 0) is 117 Å². The Hall–Kier alpha value is -5.26. The van der Waals surface area contributed by atoms with Gasteiger partial charge in [0, 0.05) is 16.5 Å². The Kier molecular flexibility index (Phi) is 8.96. The number of aromatic nitrogens is 2. The van der Waals surface area contributed by atoms with Crippen LogP contribution < -0.4 is 0 Å². The zero-order valence-corrected chi connectivity index (χ0v) is 29.0. The summed E-state index contributed by atoms with van der Waals surface area (Å²) in [6.45, 7) is 12.5. The highest BCUT2D eigenvalue weighted by atomic mass is 19.2. The summed E-state index contributed by atoms with van der Waals surface area (Å²) in [7, 11) is 0. The Morgan fingerprint density at radius 2 is 0.635 bits per heavy atom. The van der Waals surface area contributed by atoms with Crippen LogP contribution in [0.3, 0.4) is 0 Å². The molecule has 0 aliphatic heterocycles. The molecular weight excluding hydrogens is 698 g/mol. The molecule has 0 radical (unpaired) electrons. The first-order valence-corrected chi connectivity index (χ1v) is 15.9. The summed E-state index contributed by atoms with van der Waals surface area (Å²) in [5.74, 6) is -20.5. The fourth-order valence-corrected chi connectivity index (χ4v) is 7.09. The minimum absolute atomic E-state index is 0.150. The van der Waals surface area contributed by atoms with E-state index in [0.29, 0.717) is 50.0 Å². The lowest BCUT2D eigenvalue weighted by molar-refractivity contribution is 0.381. The Morgan fingerprint density at radius 3 is 1.02 bits per heavy atom. The van der Waals surface area contributed by atoms with Gasteiger partial charge in [0.2, 0.25) is 11.6 Å². The van der Waals surface area contributed by atoms with Crippen molar-refractivity contribution in [2.75, 3.05) is 0 Å². The van der Waals surface area contributed by atoms with Crippen molar-refractivity contribution in [1.29, 1.82) is 0 Å². The summed E-state index contributed by atoms with van der Waals surface area (Å²) in [5, 5.41) is 0.557. The van der Waals surface area contributed by atoms with E-state index in [1.165, 1.54) is 27.7 Å². The Balaban J connectivity index is 1.66. The van der Waals surface area contributed by atoms with E-state index in [4.69, 9.17) is 9.97 Å². The van der Waals surface area contributed by atoms with Crippen molar-refractivity contribution < 1.29 is 43.9 Å². The fraction of sp³-hybridized carbons (Fsp3) is 0.200. The molecule has 2 nitrogen and oxygen atoms in total. The zero-order chi connectivity index (χ0) is 38.4. The third-order valence-electron chi connectivity index (χ3n) is 10.2. The molecule has 0 saturated carbocycles. The first kappa shape index (κ1) is 36.5. The number of hydrogen-bond acceptors (Lipinski definition) is 2. The number of rotatable bonds is 4. The normalized spacial score (nSPS) is 11.7. The fourth-order valence-electron chi connectivity index (χ4n) is 7.09. The van der Waals surface area contributed by atoms with Crippen molar-refractivity contribution in [3.05, 3.63) is 127 Å². The van der Waals surface area contributed by atoms with Crippen LogP contribution in [0.4, 0.5) is 43.9 Å². The van der Waals surface area contributed by atoms with Crippen molar-refractivity contribution in [2.45, 2.75) is 55.4 Å². The minimum Gasteiger partial charge on any atom is -0.228 e. The molecule has 0 amide bonds. The van der Waals surface area contributed by atoms with Crippen molar-refractivity contribution in [2.24, 2.45) is 0 Å². The molecular formula is C40H28F10N2. The predicted molar refractivity (Wildman–Crippen MR) is 179 cm³/mol. The van der Waals surface area contributed by atoms with Crippen molar-refractivity contribution in [3.63, 3.8) is 0 Å². The van der Waals surface area contributed by atoms with Crippen molar-refractivity contribution >= 4 is 10.9 Å². The second-order valence-electron chi connectivity index (χ2n) is 12.8. The maximum Gasteiger partial charge on any atom is 0.200 e. The van der Waals surface area contributed by atoms with E-state index in [1.807, 2.05) is 0 Å². The molecule has 12 heteroatoms. The topological polar surface area (TPSA) is 25.8 Å². The summed E-state index contributed by atoms with van der Waals surface area (Å²) < 4.78 is 146. The van der Waals surface area contributed by atoms with Gasteiger partial charge in [-0.3, -0.25) is 0 Å². The average molecular weight is 727 g/mol. The molecule has 6 aromatic rings. The molecule has 0 unspecified atom stereocenters. The van der Waals surface area contributed by atoms with Gasteiger partial charge < -0.3 is 0 Å². The van der Waals surface area contributed by atoms with Gasteiger partial charge in [0.1, 0.15) is 0 Å². The Bertz CT molecular complexity index is 2440. The molecule has 268 valence electrons. The van der Waals surface area contributed by atoms with Gasteiger partial charge in [0.15, 0.2) is 52.4 Å². The van der Waals surface area contributed by atoms with Gasteiger partial charge in [-0.2, -0.15) is 0 Å².